The van der Waals surface area contributed by atoms with Crippen LogP contribution in [0, 0.1) is 17.0 Å². The number of imide groups is 1. The zero-order valence-electron chi connectivity index (χ0n) is 20.5. The van der Waals surface area contributed by atoms with Crippen LogP contribution in [-0.4, -0.2) is 28.6 Å². The lowest BCUT2D eigenvalue weighted by molar-refractivity contribution is -0.384. The van der Waals surface area contributed by atoms with E-state index in [-0.39, 0.29) is 39.7 Å². The number of nitrogens with one attached hydrogen (secondary N) is 2. The van der Waals surface area contributed by atoms with Gasteiger partial charge in [-0.25, -0.2) is 4.90 Å². The number of carbonyl (C=O) groups excluding carboxylic acids is 4. The fourth-order valence-corrected chi connectivity index (χ4v) is 4.27. The highest BCUT2D eigenvalue weighted by atomic mass is 16.6. The molecule has 192 valence electrons. The highest BCUT2D eigenvalue weighted by molar-refractivity contribution is 6.34. The fraction of sp³-hybridized carbons (Fsp3) is 0.0345. The number of aryl methyl sites for hydroxylation is 1. The normalized spacial score (nSPS) is 12.2. The van der Waals surface area contributed by atoms with Gasteiger partial charge in [0.2, 0.25) is 0 Å². The molecule has 0 bridgehead atoms. The minimum absolute atomic E-state index is 0.0679. The maximum absolute atomic E-state index is 13.3. The van der Waals surface area contributed by atoms with Crippen LogP contribution < -0.4 is 15.5 Å². The minimum atomic E-state index is -0.607. The first-order chi connectivity index (χ1) is 18.7. The first-order valence-electron chi connectivity index (χ1n) is 11.8. The van der Waals surface area contributed by atoms with Crippen LogP contribution in [0.1, 0.15) is 47.0 Å². The van der Waals surface area contributed by atoms with Crippen LogP contribution in [0.15, 0.2) is 91.0 Å². The number of nitro groups is 1. The molecule has 0 aliphatic carbocycles. The van der Waals surface area contributed by atoms with Gasteiger partial charge in [0, 0.05) is 34.6 Å². The number of hydrogen-bond acceptors (Lipinski definition) is 6. The van der Waals surface area contributed by atoms with E-state index < -0.39 is 22.6 Å². The van der Waals surface area contributed by atoms with Crippen LogP contribution in [0.3, 0.4) is 0 Å². The van der Waals surface area contributed by atoms with Crippen molar-refractivity contribution in [2.75, 3.05) is 15.5 Å². The van der Waals surface area contributed by atoms with E-state index in [4.69, 9.17) is 0 Å². The van der Waals surface area contributed by atoms with E-state index in [0.717, 1.165) is 16.5 Å². The molecule has 0 atom stereocenters. The monoisotopic (exact) mass is 520 g/mol. The van der Waals surface area contributed by atoms with Gasteiger partial charge < -0.3 is 10.6 Å². The van der Waals surface area contributed by atoms with Crippen molar-refractivity contribution in [2.24, 2.45) is 0 Å². The number of hydrogen-bond donors (Lipinski definition) is 2. The number of nitro benzene ring substituents is 1. The summed E-state index contributed by atoms with van der Waals surface area (Å²) in [4.78, 5) is 63.2. The largest absolute Gasteiger partial charge is 0.322 e. The summed E-state index contributed by atoms with van der Waals surface area (Å²) in [6.45, 7) is 1.82. The number of amides is 4. The first kappa shape index (κ1) is 25.0. The minimum Gasteiger partial charge on any atom is -0.322 e. The van der Waals surface area contributed by atoms with E-state index >= 15 is 0 Å². The number of anilines is 3. The van der Waals surface area contributed by atoms with E-state index in [2.05, 4.69) is 10.6 Å². The number of nitrogens with zero attached hydrogens (tertiary/aromatic N) is 2. The summed E-state index contributed by atoms with van der Waals surface area (Å²) in [5.74, 6) is -2.07. The zero-order valence-corrected chi connectivity index (χ0v) is 20.5. The van der Waals surface area contributed by atoms with E-state index in [9.17, 15) is 29.3 Å². The second kappa shape index (κ2) is 10.0. The van der Waals surface area contributed by atoms with Gasteiger partial charge in [-0.3, -0.25) is 29.3 Å². The van der Waals surface area contributed by atoms with Crippen LogP contribution in [-0.2, 0) is 0 Å². The Bertz CT molecular complexity index is 1700. The lowest BCUT2D eigenvalue weighted by atomic mass is 10.1. The topological polar surface area (TPSA) is 139 Å². The van der Waals surface area contributed by atoms with Crippen LogP contribution in [0.5, 0.6) is 0 Å². The SMILES string of the molecule is Cc1ccccc1C(=O)Nc1cccc(N2C(=O)c3ccc(NC(=O)c4cccc([N+](=O)[O-])c4)cc3C2=O)c1. The summed E-state index contributed by atoms with van der Waals surface area (Å²) >= 11 is 0. The maximum atomic E-state index is 13.3. The molecule has 10 nitrogen and oxygen atoms in total. The molecule has 2 N–H and O–H groups in total. The number of fused-ring (bicyclic) bond motifs is 1. The van der Waals surface area contributed by atoms with E-state index in [1.54, 1.807) is 30.3 Å². The summed E-state index contributed by atoms with van der Waals surface area (Å²) in [6, 6.07) is 23.0. The fourth-order valence-electron chi connectivity index (χ4n) is 4.27. The molecule has 0 aromatic heterocycles. The lowest BCUT2D eigenvalue weighted by Crippen LogP contribution is -2.29. The van der Waals surface area contributed by atoms with Crippen molar-refractivity contribution in [1.82, 2.24) is 0 Å². The number of rotatable bonds is 6. The van der Waals surface area contributed by atoms with Gasteiger partial charge in [0.05, 0.1) is 21.7 Å². The molecule has 0 radical (unpaired) electrons. The number of benzene rings is 4. The third-order valence-corrected chi connectivity index (χ3v) is 6.22. The van der Waals surface area contributed by atoms with Crippen molar-refractivity contribution in [3.8, 4) is 0 Å². The molecule has 1 aliphatic rings. The van der Waals surface area contributed by atoms with Crippen molar-refractivity contribution in [3.05, 3.63) is 129 Å². The second-order valence-corrected chi connectivity index (χ2v) is 8.79. The Kier molecular flexibility index (Phi) is 6.43. The molecule has 5 rings (SSSR count). The van der Waals surface area contributed by atoms with Crippen LogP contribution >= 0.6 is 0 Å². The molecule has 0 spiro atoms. The summed E-state index contributed by atoms with van der Waals surface area (Å²) < 4.78 is 0. The van der Waals surface area contributed by atoms with Crippen molar-refractivity contribution < 1.29 is 24.1 Å². The van der Waals surface area contributed by atoms with Gasteiger partial charge in [-0.05, 0) is 61.0 Å². The Morgan fingerprint density at radius 1 is 0.744 bits per heavy atom. The molecule has 1 heterocycles. The molecule has 0 saturated carbocycles. The van der Waals surface area contributed by atoms with Crippen molar-refractivity contribution in [3.63, 3.8) is 0 Å². The summed E-state index contributed by atoms with van der Waals surface area (Å²) in [6.07, 6.45) is 0. The smallest absolute Gasteiger partial charge is 0.270 e. The second-order valence-electron chi connectivity index (χ2n) is 8.79. The van der Waals surface area contributed by atoms with Gasteiger partial charge in [0.25, 0.3) is 29.3 Å². The third kappa shape index (κ3) is 4.86. The van der Waals surface area contributed by atoms with Gasteiger partial charge in [-0.2, -0.15) is 0 Å². The number of carbonyl (C=O) groups is 4. The number of non-ortho nitro benzene ring substituents is 1. The van der Waals surface area contributed by atoms with E-state index in [1.807, 2.05) is 19.1 Å². The average Bonchev–Trinajstić information content (AvgIpc) is 3.18. The van der Waals surface area contributed by atoms with E-state index in [0.29, 0.717) is 11.3 Å². The highest BCUT2D eigenvalue weighted by Crippen LogP contribution is 2.32. The molecule has 0 unspecified atom stereocenters. The molecule has 1 aliphatic heterocycles. The Balaban J connectivity index is 1.36. The zero-order chi connectivity index (χ0) is 27.7. The lowest BCUT2D eigenvalue weighted by Gasteiger charge is -2.15. The molecule has 4 aromatic carbocycles. The van der Waals surface area contributed by atoms with Crippen molar-refractivity contribution in [2.45, 2.75) is 6.92 Å². The molecule has 0 saturated heterocycles. The Labute approximate surface area is 222 Å². The predicted molar refractivity (Wildman–Crippen MR) is 144 cm³/mol. The Morgan fingerprint density at radius 2 is 1.44 bits per heavy atom. The molecular formula is C29H20N4O6. The Hall–Kier alpha value is -5.64. The van der Waals surface area contributed by atoms with Gasteiger partial charge in [0.1, 0.15) is 0 Å². The predicted octanol–water partition coefficient (Wildman–Crippen LogP) is 5.21. The van der Waals surface area contributed by atoms with Crippen LogP contribution in [0.25, 0.3) is 0 Å². The van der Waals surface area contributed by atoms with E-state index in [1.165, 1.54) is 42.5 Å². The van der Waals surface area contributed by atoms with Gasteiger partial charge in [-0.1, -0.05) is 30.3 Å². The highest BCUT2D eigenvalue weighted by Gasteiger charge is 2.37. The maximum Gasteiger partial charge on any atom is 0.270 e. The molecule has 4 amide bonds. The van der Waals surface area contributed by atoms with Gasteiger partial charge in [-0.15, -0.1) is 0 Å². The quantitative estimate of drug-likeness (QED) is 0.203. The van der Waals surface area contributed by atoms with Crippen molar-refractivity contribution in [1.29, 1.82) is 0 Å². The van der Waals surface area contributed by atoms with Crippen LogP contribution in [0.2, 0.25) is 0 Å². The average molecular weight is 521 g/mol. The summed E-state index contributed by atoms with van der Waals surface area (Å²) in [7, 11) is 0. The molecule has 39 heavy (non-hydrogen) atoms. The molecule has 0 fully saturated rings. The standard InChI is InChI=1S/C29H20N4O6/c1-17-6-2-3-11-23(17)27(35)31-19-8-5-9-21(15-19)32-28(36)24-13-12-20(16-25(24)29(32)37)30-26(34)18-7-4-10-22(14-18)33(38)39/h2-16H,1H3,(H,30,34)(H,31,35). The molecule has 10 heteroatoms. The van der Waals surface area contributed by atoms with Gasteiger partial charge in [0.15, 0.2) is 0 Å². The summed E-state index contributed by atoms with van der Waals surface area (Å²) in [5.41, 5.74) is 2.31. The molecule has 4 aromatic rings. The molecular weight excluding hydrogens is 500 g/mol. The first-order valence-corrected chi connectivity index (χ1v) is 11.8. The van der Waals surface area contributed by atoms with Gasteiger partial charge >= 0.3 is 0 Å². The van der Waals surface area contributed by atoms with Crippen molar-refractivity contribution >= 4 is 46.4 Å². The Morgan fingerprint density at radius 3 is 2.21 bits per heavy atom. The summed E-state index contributed by atoms with van der Waals surface area (Å²) in [5, 5.41) is 16.4. The third-order valence-electron chi connectivity index (χ3n) is 6.22. The van der Waals surface area contributed by atoms with Crippen LogP contribution in [0.4, 0.5) is 22.7 Å².